The van der Waals surface area contributed by atoms with Gasteiger partial charge in [0.15, 0.2) is 15.1 Å². The molecule has 2 rings (SSSR count). The first-order valence-corrected chi connectivity index (χ1v) is 11.2. The van der Waals surface area contributed by atoms with Gasteiger partial charge in [0.2, 0.25) is 0 Å². The van der Waals surface area contributed by atoms with Crippen LogP contribution in [-0.2, 0) is 21.1 Å². The highest BCUT2D eigenvalue weighted by Gasteiger charge is 2.29. The molecule has 0 aliphatic carbocycles. The average Bonchev–Trinajstić information content (AvgIpc) is 3.13. The number of carbonyl (C=O) groups is 1. The van der Waals surface area contributed by atoms with E-state index < -0.39 is 21.1 Å². The molecule has 140 valence electrons. The molecule has 0 aliphatic rings. The maximum absolute atomic E-state index is 12.4. The van der Waals surface area contributed by atoms with E-state index in [9.17, 15) is 18.3 Å². The Morgan fingerprint density at radius 1 is 1.04 bits per heavy atom. The number of thiophene rings is 1. The van der Waals surface area contributed by atoms with Crippen molar-refractivity contribution in [2.24, 2.45) is 0 Å². The predicted molar refractivity (Wildman–Crippen MR) is 107 cm³/mol. The van der Waals surface area contributed by atoms with Gasteiger partial charge in [0.25, 0.3) is 0 Å². The van der Waals surface area contributed by atoms with Crippen molar-refractivity contribution >= 4 is 33.2 Å². The van der Waals surface area contributed by atoms with Gasteiger partial charge in [-0.15, -0.1) is 11.3 Å². The van der Waals surface area contributed by atoms with Gasteiger partial charge in [-0.1, -0.05) is 55.7 Å². The molecule has 0 saturated heterocycles. The summed E-state index contributed by atoms with van der Waals surface area (Å²) >= 11 is 1.74. The van der Waals surface area contributed by atoms with E-state index in [4.69, 9.17) is 0 Å². The zero-order valence-corrected chi connectivity index (χ0v) is 16.2. The summed E-state index contributed by atoms with van der Waals surface area (Å²) in [5.41, 5.74) is 0.730. The first-order chi connectivity index (χ1) is 12.5. The maximum Gasteiger partial charge on any atom is 0.322 e. The number of aliphatic carboxylic acids is 1. The highest BCUT2D eigenvalue weighted by atomic mass is 32.2. The lowest BCUT2D eigenvalue weighted by atomic mass is 10.1. The molecule has 1 aromatic carbocycles. The van der Waals surface area contributed by atoms with Gasteiger partial charge in [0.05, 0.1) is 0 Å². The number of sulfone groups is 1. The number of aryl methyl sites for hydroxylation is 1. The molecule has 0 saturated carbocycles. The van der Waals surface area contributed by atoms with Gasteiger partial charge >= 0.3 is 5.97 Å². The molecule has 0 bridgehead atoms. The van der Waals surface area contributed by atoms with E-state index in [1.807, 2.05) is 12.1 Å². The second-order valence-corrected chi connectivity index (χ2v) is 9.21. The summed E-state index contributed by atoms with van der Waals surface area (Å²) in [6, 6.07) is 13.1. The van der Waals surface area contributed by atoms with Crippen molar-refractivity contribution in [2.75, 3.05) is 0 Å². The zero-order valence-electron chi connectivity index (χ0n) is 14.6. The molecular formula is C20H24O4S2. The van der Waals surface area contributed by atoms with Gasteiger partial charge in [-0.2, -0.15) is 0 Å². The molecule has 1 aromatic heterocycles. The molecule has 0 radical (unpaired) electrons. The van der Waals surface area contributed by atoms with Crippen molar-refractivity contribution in [1.82, 2.24) is 0 Å². The Bertz CT molecular complexity index is 794. The number of hydrogen-bond acceptors (Lipinski definition) is 4. The van der Waals surface area contributed by atoms with Gasteiger partial charge in [-0.3, -0.25) is 4.79 Å². The number of benzene rings is 1. The van der Waals surface area contributed by atoms with Crippen LogP contribution in [0.2, 0.25) is 0 Å². The quantitative estimate of drug-likeness (QED) is 0.559. The highest BCUT2D eigenvalue weighted by molar-refractivity contribution is 7.95. The van der Waals surface area contributed by atoms with Crippen molar-refractivity contribution in [1.29, 1.82) is 0 Å². The summed E-state index contributed by atoms with van der Waals surface area (Å²) in [5.74, 6) is -1.28. The Morgan fingerprint density at radius 2 is 1.77 bits per heavy atom. The molecule has 0 fully saturated rings. The summed E-state index contributed by atoms with van der Waals surface area (Å²) in [5, 5.41) is 11.0. The molecule has 0 aliphatic heterocycles. The lowest BCUT2D eigenvalue weighted by Crippen LogP contribution is -2.28. The highest BCUT2D eigenvalue weighted by Crippen LogP contribution is 2.18. The second kappa shape index (κ2) is 10.3. The molecule has 1 heterocycles. The Labute approximate surface area is 159 Å². The molecular weight excluding hydrogens is 368 g/mol. The zero-order chi connectivity index (χ0) is 18.8. The number of carboxylic acids is 1. The third kappa shape index (κ3) is 6.77. The van der Waals surface area contributed by atoms with Gasteiger partial charge in [-0.25, -0.2) is 8.42 Å². The molecule has 26 heavy (non-hydrogen) atoms. The van der Waals surface area contributed by atoms with E-state index in [2.05, 4.69) is 11.4 Å². The number of hydrogen-bond donors (Lipinski definition) is 1. The second-order valence-electron chi connectivity index (χ2n) is 6.16. The van der Waals surface area contributed by atoms with Crippen LogP contribution in [0.1, 0.15) is 42.5 Å². The molecule has 4 nitrogen and oxygen atoms in total. The lowest BCUT2D eigenvalue weighted by Gasteiger charge is -2.10. The van der Waals surface area contributed by atoms with Crippen molar-refractivity contribution < 1.29 is 18.3 Å². The van der Waals surface area contributed by atoms with Crippen molar-refractivity contribution in [3.8, 4) is 0 Å². The standard InChI is InChI=1S/C20H24O4S2/c21-20(22)19(13-7-2-1-6-11-18-12-8-15-25-18)26(23,24)16-14-17-9-4-3-5-10-17/h3-5,8-10,12,14-16,19H,1-2,6-7,11,13H2,(H,21,22)/b16-14+. The summed E-state index contributed by atoms with van der Waals surface area (Å²) in [4.78, 5) is 12.8. The van der Waals surface area contributed by atoms with Gasteiger partial charge in [0.1, 0.15) is 0 Å². The SMILES string of the molecule is O=C(O)C(CCCCCCc1cccs1)S(=O)(=O)/C=C/c1ccccc1. The van der Waals surface area contributed by atoms with E-state index in [0.717, 1.165) is 36.7 Å². The lowest BCUT2D eigenvalue weighted by molar-refractivity contribution is -0.136. The fraction of sp³-hybridized carbons (Fsp3) is 0.350. The van der Waals surface area contributed by atoms with Crippen LogP contribution in [0.3, 0.4) is 0 Å². The number of unbranched alkanes of at least 4 members (excludes halogenated alkanes) is 3. The molecule has 1 unspecified atom stereocenters. The average molecular weight is 393 g/mol. The van der Waals surface area contributed by atoms with Crippen LogP contribution in [-0.4, -0.2) is 24.7 Å². The van der Waals surface area contributed by atoms with Crippen LogP contribution in [0.25, 0.3) is 6.08 Å². The van der Waals surface area contributed by atoms with Crippen LogP contribution >= 0.6 is 11.3 Å². The minimum Gasteiger partial charge on any atom is -0.480 e. The summed E-state index contributed by atoms with van der Waals surface area (Å²) in [6.07, 6.45) is 6.08. The third-order valence-corrected chi connectivity index (χ3v) is 6.82. The van der Waals surface area contributed by atoms with Crippen LogP contribution in [0.4, 0.5) is 0 Å². The molecule has 2 aromatic rings. The minimum absolute atomic E-state index is 0.149. The van der Waals surface area contributed by atoms with E-state index in [1.165, 1.54) is 11.0 Å². The fourth-order valence-corrected chi connectivity index (χ4v) is 4.76. The molecule has 0 spiro atoms. The van der Waals surface area contributed by atoms with Crippen molar-refractivity contribution in [3.05, 3.63) is 63.7 Å². The van der Waals surface area contributed by atoms with Crippen LogP contribution < -0.4 is 0 Å². The predicted octanol–water partition coefficient (Wildman–Crippen LogP) is 4.78. The first-order valence-electron chi connectivity index (χ1n) is 8.71. The number of rotatable bonds is 11. The summed E-state index contributed by atoms with van der Waals surface area (Å²) in [7, 11) is -3.83. The normalized spacial score (nSPS) is 13.1. The largest absolute Gasteiger partial charge is 0.480 e. The Hall–Kier alpha value is -1.92. The molecule has 1 atom stereocenters. The van der Waals surface area contributed by atoms with Gasteiger partial charge in [-0.05, 0) is 42.3 Å². The molecule has 6 heteroatoms. The Morgan fingerprint density at radius 3 is 2.42 bits per heavy atom. The summed E-state index contributed by atoms with van der Waals surface area (Å²) < 4.78 is 24.7. The van der Waals surface area contributed by atoms with Gasteiger partial charge < -0.3 is 5.11 Å². The van der Waals surface area contributed by atoms with Crippen LogP contribution in [0, 0.1) is 0 Å². The van der Waals surface area contributed by atoms with E-state index >= 15 is 0 Å². The number of carboxylic acid groups (broad SMARTS) is 1. The van der Waals surface area contributed by atoms with E-state index in [-0.39, 0.29) is 6.42 Å². The van der Waals surface area contributed by atoms with Crippen molar-refractivity contribution in [2.45, 2.75) is 43.8 Å². The topological polar surface area (TPSA) is 71.4 Å². The Kier molecular flexibility index (Phi) is 8.06. The minimum atomic E-state index is -3.83. The van der Waals surface area contributed by atoms with Crippen molar-refractivity contribution in [3.63, 3.8) is 0 Å². The molecule has 1 N–H and O–H groups in total. The van der Waals surface area contributed by atoms with Crippen LogP contribution in [0.5, 0.6) is 0 Å². The third-order valence-electron chi connectivity index (χ3n) is 4.14. The van der Waals surface area contributed by atoms with E-state index in [1.54, 1.807) is 35.6 Å². The van der Waals surface area contributed by atoms with Gasteiger partial charge in [0, 0.05) is 10.3 Å². The first kappa shape index (κ1) is 20.4. The van der Waals surface area contributed by atoms with Crippen LogP contribution in [0.15, 0.2) is 53.3 Å². The monoisotopic (exact) mass is 392 g/mol. The maximum atomic E-state index is 12.4. The summed E-state index contributed by atoms with van der Waals surface area (Å²) in [6.45, 7) is 0. The van der Waals surface area contributed by atoms with E-state index in [0.29, 0.717) is 6.42 Å². The smallest absolute Gasteiger partial charge is 0.322 e. The fourth-order valence-electron chi connectivity index (χ4n) is 2.70. The Balaban J connectivity index is 1.81. The molecule has 0 amide bonds.